The molecule has 0 bridgehead atoms. The van der Waals surface area contributed by atoms with E-state index in [-0.39, 0.29) is 17.8 Å². The summed E-state index contributed by atoms with van der Waals surface area (Å²) in [4.78, 5) is 26.0. The second kappa shape index (κ2) is 8.22. The Morgan fingerprint density at radius 2 is 2.26 bits per heavy atom. The third-order valence-corrected chi connectivity index (χ3v) is 4.65. The maximum atomic E-state index is 11.9. The van der Waals surface area contributed by atoms with Crippen molar-refractivity contribution in [3.8, 4) is 0 Å². The number of nitrogens with zero attached hydrogens (tertiary/aromatic N) is 1. The molecule has 0 fully saturated rings. The Labute approximate surface area is 122 Å². The van der Waals surface area contributed by atoms with Crippen molar-refractivity contribution >= 4 is 35.0 Å². The van der Waals surface area contributed by atoms with E-state index in [1.165, 1.54) is 12.0 Å². The van der Waals surface area contributed by atoms with Crippen LogP contribution >= 0.6 is 23.1 Å². The summed E-state index contributed by atoms with van der Waals surface area (Å²) >= 11 is 3.29. The van der Waals surface area contributed by atoms with E-state index in [0.29, 0.717) is 12.3 Å². The molecule has 1 unspecified atom stereocenters. The molecule has 1 amide bonds. The molecule has 1 aromatic rings. The first-order chi connectivity index (χ1) is 9.04. The summed E-state index contributed by atoms with van der Waals surface area (Å²) in [6, 6.07) is 4.07. The second-order valence-corrected chi connectivity index (χ2v) is 6.29. The Morgan fingerprint density at radius 3 is 2.84 bits per heavy atom. The Balaban J connectivity index is 2.26. The van der Waals surface area contributed by atoms with Crippen LogP contribution in [0.25, 0.3) is 0 Å². The third kappa shape index (κ3) is 5.65. The maximum absolute atomic E-state index is 11.9. The molecular formula is C13H19NO3S2. The summed E-state index contributed by atoms with van der Waals surface area (Å²) in [5.74, 6) is 0.746. The summed E-state index contributed by atoms with van der Waals surface area (Å²) in [7, 11) is 3.07. The van der Waals surface area contributed by atoms with E-state index < -0.39 is 0 Å². The summed E-state index contributed by atoms with van der Waals surface area (Å²) in [5.41, 5.74) is 0. The highest BCUT2D eigenvalue weighted by Gasteiger charge is 2.18. The zero-order valence-corrected chi connectivity index (χ0v) is 13.1. The van der Waals surface area contributed by atoms with E-state index in [0.717, 1.165) is 5.75 Å². The molecule has 1 heterocycles. The number of thiophene rings is 1. The van der Waals surface area contributed by atoms with Crippen molar-refractivity contribution in [1.82, 2.24) is 4.90 Å². The van der Waals surface area contributed by atoms with Gasteiger partial charge in [0.15, 0.2) is 0 Å². The highest BCUT2D eigenvalue weighted by Crippen LogP contribution is 2.17. The molecule has 0 N–H and O–H groups in total. The lowest BCUT2D eigenvalue weighted by atomic mass is 10.2. The summed E-state index contributed by atoms with van der Waals surface area (Å²) in [6.07, 6.45) is 0. The van der Waals surface area contributed by atoms with E-state index >= 15 is 0 Å². The predicted molar refractivity (Wildman–Crippen MR) is 79.3 cm³/mol. The highest BCUT2D eigenvalue weighted by atomic mass is 32.2. The zero-order valence-electron chi connectivity index (χ0n) is 11.4. The van der Waals surface area contributed by atoms with Gasteiger partial charge in [0, 0.05) is 24.2 Å². The van der Waals surface area contributed by atoms with Gasteiger partial charge in [0.05, 0.1) is 18.8 Å². The minimum atomic E-state index is -0.291. The molecule has 0 spiro atoms. The van der Waals surface area contributed by atoms with Gasteiger partial charge in [-0.2, -0.15) is 0 Å². The van der Waals surface area contributed by atoms with Gasteiger partial charge in [0.25, 0.3) is 0 Å². The molecule has 0 saturated heterocycles. The normalized spacial score (nSPS) is 11.9. The van der Waals surface area contributed by atoms with Gasteiger partial charge < -0.3 is 9.64 Å². The molecule has 0 aliphatic rings. The van der Waals surface area contributed by atoms with Crippen LogP contribution < -0.4 is 0 Å². The first-order valence-electron chi connectivity index (χ1n) is 5.96. The minimum absolute atomic E-state index is 0.0392. The lowest BCUT2D eigenvalue weighted by Gasteiger charge is -2.20. The molecule has 0 aliphatic heterocycles. The van der Waals surface area contributed by atoms with E-state index in [9.17, 15) is 9.59 Å². The highest BCUT2D eigenvalue weighted by molar-refractivity contribution is 7.99. The van der Waals surface area contributed by atoms with Crippen LogP contribution in [0.3, 0.4) is 0 Å². The predicted octanol–water partition coefficient (Wildman–Crippen LogP) is 2.25. The average molecular weight is 301 g/mol. The average Bonchev–Trinajstić information content (AvgIpc) is 2.90. The number of hydrogen-bond donors (Lipinski definition) is 0. The summed E-state index contributed by atoms with van der Waals surface area (Å²) in [5, 5.41) is 2.03. The molecular weight excluding hydrogens is 282 g/mol. The number of methoxy groups -OCH3 is 1. The lowest BCUT2D eigenvalue weighted by Crippen LogP contribution is -2.35. The number of rotatable bonds is 7. The molecule has 19 heavy (non-hydrogen) atoms. The van der Waals surface area contributed by atoms with Crippen molar-refractivity contribution < 1.29 is 14.3 Å². The van der Waals surface area contributed by atoms with Crippen LogP contribution in [0.15, 0.2) is 17.5 Å². The van der Waals surface area contributed by atoms with Gasteiger partial charge >= 0.3 is 5.97 Å². The third-order valence-electron chi connectivity index (χ3n) is 2.63. The smallest absolute Gasteiger partial charge is 0.310 e. The SMILES string of the molecule is COC(=O)C(C)CN(C)C(=O)CSCc1cccs1. The van der Waals surface area contributed by atoms with Gasteiger partial charge in [-0.3, -0.25) is 9.59 Å². The van der Waals surface area contributed by atoms with Gasteiger partial charge in [-0.1, -0.05) is 13.0 Å². The fraction of sp³-hybridized carbons (Fsp3) is 0.538. The molecule has 1 atom stereocenters. The molecule has 0 saturated carbocycles. The van der Waals surface area contributed by atoms with Crippen LogP contribution in [0, 0.1) is 5.92 Å². The molecule has 0 radical (unpaired) electrons. The van der Waals surface area contributed by atoms with E-state index in [1.54, 1.807) is 42.0 Å². The number of thioether (sulfide) groups is 1. The first-order valence-corrected chi connectivity index (χ1v) is 8.00. The molecule has 1 rings (SSSR count). The maximum Gasteiger partial charge on any atom is 0.310 e. The number of hydrogen-bond acceptors (Lipinski definition) is 5. The second-order valence-electron chi connectivity index (χ2n) is 4.27. The Morgan fingerprint density at radius 1 is 1.53 bits per heavy atom. The van der Waals surface area contributed by atoms with Crippen LogP contribution in [0.1, 0.15) is 11.8 Å². The van der Waals surface area contributed by atoms with Crippen LogP contribution in [-0.4, -0.2) is 43.2 Å². The quantitative estimate of drug-likeness (QED) is 0.725. The number of carbonyl (C=O) groups excluding carboxylic acids is 2. The molecule has 1 aromatic heterocycles. The van der Waals surface area contributed by atoms with Gasteiger partial charge in [0.1, 0.15) is 0 Å². The van der Waals surface area contributed by atoms with E-state index in [1.807, 2.05) is 11.4 Å². The molecule has 6 heteroatoms. The fourth-order valence-electron chi connectivity index (χ4n) is 1.53. The van der Waals surface area contributed by atoms with Gasteiger partial charge in [-0.15, -0.1) is 23.1 Å². The summed E-state index contributed by atoms with van der Waals surface area (Å²) in [6.45, 7) is 2.15. The van der Waals surface area contributed by atoms with Crippen molar-refractivity contribution in [3.05, 3.63) is 22.4 Å². The Bertz CT molecular complexity index is 406. The van der Waals surface area contributed by atoms with Crippen LogP contribution in [0.5, 0.6) is 0 Å². The Kier molecular flexibility index (Phi) is 6.94. The van der Waals surface area contributed by atoms with Crippen molar-refractivity contribution in [2.45, 2.75) is 12.7 Å². The van der Waals surface area contributed by atoms with Gasteiger partial charge in [-0.25, -0.2) is 0 Å². The molecule has 106 valence electrons. The van der Waals surface area contributed by atoms with Crippen LogP contribution in [-0.2, 0) is 20.1 Å². The van der Waals surface area contributed by atoms with E-state index in [4.69, 9.17) is 0 Å². The standard InChI is InChI=1S/C13H19NO3S2/c1-10(13(16)17-3)7-14(2)12(15)9-18-8-11-5-4-6-19-11/h4-6,10H,7-9H2,1-3H3. The Hall–Kier alpha value is -1.01. The largest absolute Gasteiger partial charge is 0.469 e. The van der Waals surface area contributed by atoms with Crippen molar-refractivity contribution in [3.63, 3.8) is 0 Å². The van der Waals surface area contributed by atoms with Crippen molar-refractivity contribution in [2.24, 2.45) is 5.92 Å². The number of carbonyl (C=O) groups is 2. The van der Waals surface area contributed by atoms with E-state index in [2.05, 4.69) is 10.8 Å². The first kappa shape index (κ1) is 16.0. The van der Waals surface area contributed by atoms with Gasteiger partial charge in [0.2, 0.25) is 5.91 Å². The zero-order chi connectivity index (χ0) is 14.3. The number of amides is 1. The monoisotopic (exact) mass is 301 g/mol. The summed E-state index contributed by atoms with van der Waals surface area (Å²) < 4.78 is 4.64. The number of esters is 1. The fourth-order valence-corrected chi connectivity index (χ4v) is 3.34. The molecule has 4 nitrogen and oxygen atoms in total. The van der Waals surface area contributed by atoms with Gasteiger partial charge in [-0.05, 0) is 11.4 Å². The molecule has 0 aromatic carbocycles. The van der Waals surface area contributed by atoms with Crippen molar-refractivity contribution in [1.29, 1.82) is 0 Å². The van der Waals surface area contributed by atoms with Crippen LogP contribution in [0.4, 0.5) is 0 Å². The lowest BCUT2D eigenvalue weighted by molar-refractivity contribution is -0.145. The minimum Gasteiger partial charge on any atom is -0.469 e. The van der Waals surface area contributed by atoms with Crippen LogP contribution in [0.2, 0.25) is 0 Å². The van der Waals surface area contributed by atoms with Crippen molar-refractivity contribution in [2.75, 3.05) is 26.5 Å². The number of ether oxygens (including phenoxy) is 1. The topological polar surface area (TPSA) is 46.6 Å². The molecule has 0 aliphatic carbocycles.